The molecule has 7 nitrogen and oxygen atoms in total. The zero-order chi connectivity index (χ0) is 20.8. The van der Waals surface area contributed by atoms with Crippen molar-refractivity contribution >= 4 is 17.5 Å². The molecule has 2 atom stereocenters. The van der Waals surface area contributed by atoms with E-state index in [9.17, 15) is 5.11 Å². The van der Waals surface area contributed by atoms with Gasteiger partial charge in [-0.1, -0.05) is 6.07 Å². The van der Waals surface area contributed by atoms with Gasteiger partial charge >= 0.3 is 0 Å². The summed E-state index contributed by atoms with van der Waals surface area (Å²) in [6.07, 6.45) is 12.1. The van der Waals surface area contributed by atoms with E-state index < -0.39 is 5.60 Å². The Morgan fingerprint density at radius 1 is 0.903 bits per heavy atom. The second kappa shape index (κ2) is 7.27. The number of nitrogens with zero attached hydrogens (tertiary/aromatic N) is 4. The van der Waals surface area contributed by atoms with Gasteiger partial charge in [-0.05, 0) is 74.1 Å². The molecule has 158 valence electrons. The average Bonchev–Trinajstić information content (AvgIpc) is 2.76. The fourth-order valence-electron chi connectivity index (χ4n) is 6.22. The van der Waals surface area contributed by atoms with Crippen LogP contribution in [0.4, 0.5) is 17.5 Å². The van der Waals surface area contributed by atoms with Gasteiger partial charge in [-0.3, -0.25) is 4.98 Å². The third kappa shape index (κ3) is 3.63. The van der Waals surface area contributed by atoms with E-state index in [-0.39, 0.29) is 0 Å². The van der Waals surface area contributed by atoms with Gasteiger partial charge in [-0.2, -0.15) is 0 Å². The summed E-state index contributed by atoms with van der Waals surface area (Å²) >= 11 is 0. The Morgan fingerprint density at radius 2 is 1.74 bits per heavy atom. The molecule has 3 aromatic heterocycles. The first kappa shape index (κ1) is 18.7. The van der Waals surface area contributed by atoms with Crippen molar-refractivity contribution in [2.24, 2.45) is 17.8 Å². The van der Waals surface area contributed by atoms with E-state index in [0.717, 1.165) is 42.2 Å². The van der Waals surface area contributed by atoms with Gasteiger partial charge in [0, 0.05) is 30.2 Å². The molecule has 0 amide bonds. The Balaban J connectivity index is 1.21. The summed E-state index contributed by atoms with van der Waals surface area (Å²) < 4.78 is 0. The number of aromatic nitrogens is 4. The fourth-order valence-corrected chi connectivity index (χ4v) is 6.22. The molecule has 4 aliphatic rings. The Labute approximate surface area is 181 Å². The van der Waals surface area contributed by atoms with Crippen LogP contribution in [0.25, 0.3) is 11.3 Å². The van der Waals surface area contributed by atoms with Crippen molar-refractivity contribution in [3.8, 4) is 11.3 Å². The van der Waals surface area contributed by atoms with Crippen molar-refractivity contribution in [2.75, 3.05) is 10.6 Å². The molecule has 0 aromatic carbocycles. The maximum atomic E-state index is 10.8. The smallest absolute Gasteiger partial charge is 0.150 e. The van der Waals surface area contributed by atoms with E-state index in [1.54, 1.807) is 18.6 Å². The zero-order valence-electron chi connectivity index (χ0n) is 17.3. The standard InChI is InChI=1S/C24H26N6O/c31-24-11-15-8-17(12-24)23(18(9-15)13-24)30-21-10-16(4-5-26-21)19-2-1-3-20(28-19)29-22-14-25-6-7-27-22/h1-7,10,14-15,17-18,23,31H,8-9,11-13H2,(H,26,30)(H,27,28,29)/t15-,17?,18?,23-,24?. The molecule has 4 aliphatic carbocycles. The van der Waals surface area contributed by atoms with E-state index in [0.29, 0.717) is 29.6 Å². The second-order valence-corrected chi connectivity index (χ2v) is 9.42. The van der Waals surface area contributed by atoms with Crippen LogP contribution in [-0.2, 0) is 0 Å². The van der Waals surface area contributed by atoms with Crippen LogP contribution in [0.2, 0.25) is 0 Å². The van der Waals surface area contributed by atoms with Crippen molar-refractivity contribution in [3.63, 3.8) is 0 Å². The Morgan fingerprint density at radius 3 is 2.52 bits per heavy atom. The first-order valence-electron chi connectivity index (χ1n) is 11.1. The molecule has 3 N–H and O–H groups in total. The van der Waals surface area contributed by atoms with Crippen molar-refractivity contribution in [2.45, 2.75) is 43.7 Å². The molecule has 7 rings (SSSR count). The highest BCUT2D eigenvalue weighted by Gasteiger charge is 2.54. The van der Waals surface area contributed by atoms with E-state index >= 15 is 0 Å². The lowest BCUT2D eigenvalue weighted by atomic mass is 9.52. The van der Waals surface area contributed by atoms with Crippen molar-refractivity contribution in [1.82, 2.24) is 19.9 Å². The summed E-state index contributed by atoms with van der Waals surface area (Å²) in [6.45, 7) is 0. The maximum Gasteiger partial charge on any atom is 0.150 e. The Bertz CT molecular complexity index is 1070. The van der Waals surface area contributed by atoms with Crippen LogP contribution in [0.5, 0.6) is 0 Å². The van der Waals surface area contributed by atoms with Gasteiger partial charge in [0.15, 0.2) is 0 Å². The van der Waals surface area contributed by atoms with Crippen LogP contribution in [-0.4, -0.2) is 36.7 Å². The topological polar surface area (TPSA) is 95.8 Å². The highest BCUT2D eigenvalue weighted by molar-refractivity contribution is 5.65. The molecule has 3 heterocycles. The molecule has 4 saturated carbocycles. The van der Waals surface area contributed by atoms with Gasteiger partial charge in [-0.25, -0.2) is 15.0 Å². The Kier molecular flexibility index (Phi) is 4.38. The number of hydrogen-bond acceptors (Lipinski definition) is 7. The third-order valence-electron chi connectivity index (χ3n) is 7.18. The molecule has 2 unspecified atom stereocenters. The fraction of sp³-hybridized carbons (Fsp3) is 0.417. The molecule has 0 radical (unpaired) electrons. The minimum Gasteiger partial charge on any atom is -0.390 e. The van der Waals surface area contributed by atoms with Gasteiger partial charge in [-0.15, -0.1) is 0 Å². The van der Waals surface area contributed by atoms with E-state index in [2.05, 4.69) is 31.7 Å². The second-order valence-electron chi connectivity index (χ2n) is 9.42. The molecule has 7 heteroatoms. The van der Waals surface area contributed by atoms with Gasteiger partial charge < -0.3 is 15.7 Å². The lowest BCUT2D eigenvalue weighted by Gasteiger charge is -2.58. The number of anilines is 3. The molecule has 0 spiro atoms. The minimum atomic E-state index is -0.412. The predicted octanol–water partition coefficient (Wildman–Crippen LogP) is 4.03. The SMILES string of the molecule is OC12CC3C[C@H](CC(C1)[C@@H]3Nc1cc(-c3cccc(Nc4cnccn4)n3)ccn1)C2. The lowest BCUT2D eigenvalue weighted by molar-refractivity contribution is -0.129. The first-order valence-corrected chi connectivity index (χ1v) is 11.1. The molecule has 0 saturated heterocycles. The van der Waals surface area contributed by atoms with E-state index in [1.165, 1.54) is 12.8 Å². The van der Waals surface area contributed by atoms with Gasteiger partial charge in [0.25, 0.3) is 0 Å². The van der Waals surface area contributed by atoms with Gasteiger partial charge in [0.1, 0.15) is 17.5 Å². The van der Waals surface area contributed by atoms with E-state index in [1.807, 2.05) is 30.5 Å². The normalized spacial score (nSPS) is 30.9. The van der Waals surface area contributed by atoms with Crippen molar-refractivity contribution < 1.29 is 5.11 Å². The molecule has 4 bridgehead atoms. The number of nitrogens with one attached hydrogen (secondary N) is 2. The summed E-state index contributed by atoms with van der Waals surface area (Å²) in [6, 6.07) is 10.4. The summed E-state index contributed by atoms with van der Waals surface area (Å²) in [5.41, 5.74) is 1.48. The Hall–Kier alpha value is -3.06. The maximum absolute atomic E-state index is 10.8. The van der Waals surface area contributed by atoms with Crippen LogP contribution in [0.3, 0.4) is 0 Å². The number of aliphatic hydroxyl groups is 1. The van der Waals surface area contributed by atoms with Gasteiger partial charge in [0.05, 0.1) is 17.5 Å². The first-order chi connectivity index (χ1) is 15.1. The predicted molar refractivity (Wildman–Crippen MR) is 119 cm³/mol. The minimum absolute atomic E-state index is 0.400. The molecule has 4 fully saturated rings. The van der Waals surface area contributed by atoms with Crippen molar-refractivity contribution in [1.29, 1.82) is 0 Å². The van der Waals surface area contributed by atoms with Crippen LogP contribution in [0, 0.1) is 17.8 Å². The van der Waals surface area contributed by atoms with E-state index in [4.69, 9.17) is 4.98 Å². The summed E-state index contributed by atoms with van der Waals surface area (Å²) in [4.78, 5) is 17.7. The summed E-state index contributed by atoms with van der Waals surface area (Å²) in [7, 11) is 0. The molecule has 3 aromatic rings. The molecule has 0 aliphatic heterocycles. The number of rotatable bonds is 5. The quantitative estimate of drug-likeness (QED) is 0.580. The van der Waals surface area contributed by atoms with Crippen LogP contribution in [0.15, 0.2) is 55.1 Å². The highest BCUT2D eigenvalue weighted by atomic mass is 16.3. The summed E-state index contributed by atoms with van der Waals surface area (Å²) in [5, 5.41) is 17.8. The molecular weight excluding hydrogens is 388 g/mol. The lowest BCUT2D eigenvalue weighted by Crippen LogP contribution is -2.59. The van der Waals surface area contributed by atoms with Gasteiger partial charge in [0.2, 0.25) is 0 Å². The number of pyridine rings is 2. The van der Waals surface area contributed by atoms with Crippen molar-refractivity contribution in [3.05, 3.63) is 55.1 Å². The summed E-state index contributed by atoms with van der Waals surface area (Å²) in [5.74, 6) is 4.05. The van der Waals surface area contributed by atoms with Crippen LogP contribution >= 0.6 is 0 Å². The average molecular weight is 415 g/mol. The largest absolute Gasteiger partial charge is 0.390 e. The molecule has 31 heavy (non-hydrogen) atoms. The van der Waals surface area contributed by atoms with Crippen LogP contribution in [0.1, 0.15) is 32.1 Å². The highest BCUT2D eigenvalue weighted by Crippen LogP contribution is 2.56. The molecular formula is C24H26N6O. The zero-order valence-corrected chi connectivity index (χ0v) is 17.3. The number of hydrogen-bond donors (Lipinski definition) is 3. The third-order valence-corrected chi connectivity index (χ3v) is 7.18. The van der Waals surface area contributed by atoms with Crippen LogP contribution < -0.4 is 10.6 Å². The monoisotopic (exact) mass is 414 g/mol.